The Hall–Kier alpha value is -1.54. The molecule has 0 saturated heterocycles. The fraction of sp³-hybridized carbons (Fsp3) is 0.714. The van der Waals surface area contributed by atoms with Crippen LogP contribution in [0, 0.1) is 0 Å². The van der Waals surface area contributed by atoms with Crippen molar-refractivity contribution >= 4 is 61.5 Å². The molecule has 0 aliphatic heterocycles. The van der Waals surface area contributed by atoms with Gasteiger partial charge in [-0.3, -0.25) is 24.4 Å². The fourth-order valence-corrected chi connectivity index (χ4v) is 3.35. The van der Waals surface area contributed by atoms with Gasteiger partial charge in [-0.05, 0) is 64.7 Å². The van der Waals surface area contributed by atoms with E-state index in [0.717, 1.165) is 38.5 Å². The number of carbonyl (C=O) groups is 3. The predicted octanol–water partition coefficient (Wildman–Crippen LogP) is -0.145. The van der Waals surface area contributed by atoms with E-state index in [1.54, 1.807) is 13.8 Å². The summed E-state index contributed by atoms with van der Waals surface area (Å²) in [6.07, 6.45) is 12.8. The molecule has 0 aromatic rings. The summed E-state index contributed by atoms with van der Waals surface area (Å²) in [7, 11) is 0. The van der Waals surface area contributed by atoms with Crippen molar-refractivity contribution in [1.82, 2.24) is 15.1 Å². The van der Waals surface area contributed by atoms with Gasteiger partial charge in [-0.25, -0.2) is 0 Å². The molecule has 4 N–H and O–H groups in total. The number of carboxylic acids is 2. The van der Waals surface area contributed by atoms with E-state index in [-0.39, 0.29) is 89.1 Å². The van der Waals surface area contributed by atoms with E-state index >= 15 is 0 Å². The van der Waals surface area contributed by atoms with Crippen molar-refractivity contribution in [3.05, 3.63) is 24.3 Å². The number of nitrogens with one attached hydrogen (secondary N) is 1. The average molecular weight is 611 g/mol. The molecular weight excluding hydrogens is 560 g/mol. The van der Waals surface area contributed by atoms with Crippen LogP contribution in [-0.4, -0.2) is 138 Å². The van der Waals surface area contributed by atoms with Crippen LogP contribution < -0.4 is 15.5 Å². The van der Waals surface area contributed by atoms with E-state index in [4.69, 9.17) is 5.11 Å². The van der Waals surface area contributed by atoms with Crippen molar-refractivity contribution in [3.8, 4) is 0 Å². The molecule has 13 heteroatoms. The molecule has 0 heterocycles. The number of aliphatic hydroxyl groups is 2. The van der Waals surface area contributed by atoms with Crippen molar-refractivity contribution in [3.63, 3.8) is 0 Å². The van der Waals surface area contributed by atoms with Crippen molar-refractivity contribution in [2.75, 3.05) is 39.5 Å². The van der Waals surface area contributed by atoms with E-state index in [2.05, 4.69) is 29.4 Å². The summed E-state index contributed by atoms with van der Waals surface area (Å²) >= 11 is 0. The first-order valence-corrected chi connectivity index (χ1v) is 13.9. The Morgan fingerprint density at radius 3 is 1.83 bits per heavy atom. The molecule has 0 fully saturated rings. The molecule has 0 rings (SSSR count). The van der Waals surface area contributed by atoms with Crippen LogP contribution in [0.4, 0.5) is 0 Å². The normalized spacial score (nSPS) is 13.1. The van der Waals surface area contributed by atoms with Gasteiger partial charge >= 0.3 is 43.7 Å². The smallest absolute Gasteiger partial charge is 0.862 e. The maximum Gasteiger partial charge on any atom is 2.00 e. The maximum atomic E-state index is 11.6. The minimum Gasteiger partial charge on any atom is -0.862 e. The third-order valence-electron chi connectivity index (χ3n) is 5.04. The van der Waals surface area contributed by atoms with Crippen LogP contribution in [0.2, 0.25) is 0 Å². The quantitative estimate of drug-likeness (QED) is 0.0321. The van der Waals surface area contributed by atoms with Crippen LogP contribution in [0.5, 0.6) is 0 Å². The third kappa shape index (κ3) is 34.6. The molecule has 232 valence electrons. The molecule has 0 aromatic heterocycles. The minimum absolute atomic E-state index is 0. The topological polar surface area (TPSA) is 189 Å². The number of carbonyl (C=O) groups excluding carboxylic acids is 2. The maximum absolute atomic E-state index is 11.6. The van der Waals surface area contributed by atoms with Gasteiger partial charge in [-0.2, -0.15) is 0 Å². The summed E-state index contributed by atoms with van der Waals surface area (Å²) in [5.41, 5.74) is 0. The van der Waals surface area contributed by atoms with Gasteiger partial charge in [0.25, 0.3) is 0 Å². The molecular formula is C28H50CaN4O8. The van der Waals surface area contributed by atoms with Crippen LogP contribution in [-0.2, 0) is 14.4 Å². The van der Waals surface area contributed by atoms with Crippen molar-refractivity contribution < 1.29 is 39.9 Å². The monoisotopic (exact) mass is 610 g/mol. The number of aliphatic hydroxyl groups excluding tert-OH is 2. The number of amides is 1. The average Bonchev–Trinajstić information content (AvgIpc) is 2.84. The van der Waals surface area contributed by atoms with Crippen molar-refractivity contribution in [1.29, 1.82) is 0 Å². The Kier molecular flexibility index (Phi) is 32.1. The van der Waals surface area contributed by atoms with Gasteiger partial charge in [-0.1, -0.05) is 38.2 Å². The summed E-state index contributed by atoms with van der Waals surface area (Å²) in [4.78, 5) is 39.5. The number of nitrogens with zero attached hydrogens (tertiary/aromatic N) is 3. The predicted molar refractivity (Wildman–Crippen MR) is 157 cm³/mol. The van der Waals surface area contributed by atoms with Crippen molar-refractivity contribution in [2.24, 2.45) is 4.99 Å². The molecule has 1 amide bonds. The minimum atomic E-state index is -1.25. The summed E-state index contributed by atoms with van der Waals surface area (Å²) in [5.74, 6) is -2.58. The summed E-state index contributed by atoms with van der Waals surface area (Å²) in [6.45, 7) is 7.15. The number of allylic oxidation sites excluding steroid dienone is 4. The first-order chi connectivity index (χ1) is 18.9. The molecule has 0 saturated carbocycles. The molecule has 0 spiro atoms. The summed E-state index contributed by atoms with van der Waals surface area (Å²) in [5, 5.41) is 52.0. The Morgan fingerprint density at radius 1 is 0.854 bits per heavy atom. The zero-order valence-corrected chi connectivity index (χ0v) is 27.5. The van der Waals surface area contributed by atoms with E-state index < -0.39 is 24.1 Å². The Balaban J connectivity index is -0.000000688. The number of rotatable bonds is 22. The molecule has 41 heavy (non-hydrogen) atoms. The first kappa shape index (κ1) is 43.9. The zero-order valence-electron chi connectivity index (χ0n) is 25.3. The second-order valence-corrected chi connectivity index (χ2v) is 9.48. The second-order valence-electron chi connectivity index (χ2n) is 9.48. The van der Waals surface area contributed by atoms with Crippen LogP contribution in [0.1, 0.15) is 79.1 Å². The molecule has 2 unspecified atom stereocenters. The molecule has 0 aliphatic rings. The Labute approximate surface area is 275 Å². The van der Waals surface area contributed by atoms with Gasteiger partial charge in [0.05, 0.1) is 38.1 Å². The van der Waals surface area contributed by atoms with E-state index in [9.17, 15) is 34.8 Å². The second kappa shape index (κ2) is 29.9. The Bertz CT molecular complexity index is 776. The number of hydrogen-bond donors (Lipinski definition) is 4. The number of aliphatic imine (C=N–C) groups is 1. The van der Waals surface area contributed by atoms with Gasteiger partial charge in [0.2, 0.25) is 5.91 Å². The van der Waals surface area contributed by atoms with Gasteiger partial charge in [0.1, 0.15) is 0 Å². The fourth-order valence-electron chi connectivity index (χ4n) is 3.35. The standard InChI is InChI=1S/2C14H26N2O4.Ca/c2*1-3-4-5-6-7-8-13(18)15-11-16(9-12(2)17)10-14(19)20;/h2*4-5,12,17H,3,6-11H2,1-2H3,(H,15,18)(H,19,20);/q;;+2/p-2/b2*5-4+;. The number of hydrogen-bond acceptors (Lipinski definition) is 10. The number of aliphatic carboxylic acids is 2. The molecule has 0 bridgehead atoms. The zero-order chi connectivity index (χ0) is 30.8. The van der Waals surface area contributed by atoms with Crippen LogP contribution >= 0.6 is 0 Å². The first-order valence-electron chi connectivity index (χ1n) is 13.9. The van der Waals surface area contributed by atoms with Crippen LogP contribution in [0.3, 0.4) is 0 Å². The molecule has 12 nitrogen and oxygen atoms in total. The molecule has 0 aliphatic carbocycles. The van der Waals surface area contributed by atoms with E-state index in [1.807, 2.05) is 19.1 Å². The number of unbranched alkanes of at least 4 members (excludes halogenated alkanes) is 2. The number of carboxylic acid groups (broad SMARTS) is 2. The van der Waals surface area contributed by atoms with Gasteiger partial charge in [-0.15, -0.1) is 0 Å². The van der Waals surface area contributed by atoms with Crippen LogP contribution in [0.25, 0.3) is 0 Å². The summed E-state index contributed by atoms with van der Waals surface area (Å²) in [6, 6.07) is 0. The van der Waals surface area contributed by atoms with Crippen LogP contribution in [0.15, 0.2) is 29.3 Å². The molecule has 0 radical (unpaired) electrons. The summed E-state index contributed by atoms with van der Waals surface area (Å²) < 4.78 is 0. The molecule has 2 atom stereocenters. The van der Waals surface area contributed by atoms with Gasteiger partial charge in [0.15, 0.2) is 0 Å². The molecule has 0 aromatic carbocycles. The third-order valence-corrected chi connectivity index (χ3v) is 5.04. The van der Waals surface area contributed by atoms with E-state index in [0.29, 0.717) is 12.8 Å². The SMILES string of the molecule is CC/C=C/CCCC(=O)NCN(CC(=O)O)CC(C)O.CC/C=C/CCCC([O-])=NCN(CC(=O)[O-])CC(C)O.[Ca+2]. The van der Waals surface area contributed by atoms with Gasteiger partial charge < -0.3 is 35.6 Å². The van der Waals surface area contributed by atoms with Crippen molar-refractivity contribution in [2.45, 2.75) is 91.3 Å². The Morgan fingerprint density at radius 2 is 1.37 bits per heavy atom. The van der Waals surface area contributed by atoms with Gasteiger partial charge in [0, 0.05) is 26.1 Å². The van der Waals surface area contributed by atoms with E-state index in [1.165, 1.54) is 9.80 Å². The largest absolute Gasteiger partial charge is 2.00 e.